The van der Waals surface area contributed by atoms with Crippen molar-refractivity contribution in [3.63, 3.8) is 0 Å². The molecule has 0 bridgehead atoms. The van der Waals surface area contributed by atoms with E-state index in [4.69, 9.17) is 0 Å². The second kappa shape index (κ2) is 6.53. The third-order valence-corrected chi connectivity index (χ3v) is 4.27. The highest BCUT2D eigenvalue weighted by Gasteiger charge is 2.28. The Kier molecular flexibility index (Phi) is 5.01. The van der Waals surface area contributed by atoms with E-state index in [0.717, 1.165) is 32.2 Å². The molecule has 0 saturated heterocycles. The highest BCUT2D eigenvalue weighted by molar-refractivity contribution is 5.81. The van der Waals surface area contributed by atoms with Crippen molar-refractivity contribution in [2.75, 3.05) is 6.54 Å². The van der Waals surface area contributed by atoms with Crippen LogP contribution in [0.1, 0.15) is 51.9 Å². The molecule has 2 rings (SSSR count). The van der Waals surface area contributed by atoms with E-state index in [1.165, 1.54) is 19.3 Å². The van der Waals surface area contributed by atoms with Gasteiger partial charge in [-0.25, -0.2) is 0 Å². The molecule has 0 aromatic heterocycles. The van der Waals surface area contributed by atoms with Crippen LogP contribution in [0.15, 0.2) is 0 Å². The molecule has 2 saturated carbocycles. The van der Waals surface area contributed by atoms with E-state index in [1.807, 2.05) is 6.92 Å². The molecule has 2 fully saturated rings. The molecule has 0 radical (unpaired) electrons. The molecule has 2 aliphatic rings. The van der Waals surface area contributed by atoms with Gasteiger partial charge in [-0.1, -0.05) is 19.3 Å². The summed E-state index contributed by atoms with van der Waals surface area (Å²) in [6.07, 6.45) is 7.71. The Labute approximate surface area is 110 Å². The molecule has 1 amide bonds. The Morgan fingerprint density at radius 3 is 2.56 bits per heavy atom. The van der Waals surface area contributed by atoms with Gasteiger partial charge >= 0.3 is 0 Å². The fourth-order valence-corrected chi connectivity index (χ4v) is 2.88. The minimum atomic E-state index is -0.121. The maximum Gasteiger partial charge on any atom is 0.237 e. The number of amides is 1. The molecule has 3 N–H and O–H groups in total. The van der Waals surface area contributed by atoms with Crippen LogP contribution in [-0.2, 0) is 4.79 Å². The number of hydrogen-bond acceptors (Lipinski definition) is 3. The average Bonchev–Trinajstić information content (AvgIpc) is 2.34. The van der Waals surface area contributed by atoms with Crippen molar-refractivity contribution < 1.29 is 9.90 Å². The number of carbonyl (C=O) groups is 1. The van der Waals surface area contributed by atoms with Gasteiger partial charge in [-0.05, 0) is 45.1 Å². The smallest absolute Gasteiger partial charge is 0.237 e. The number of aliphatic hydroxyl groups excluding tert-OH is 1. The standard InChI is InChI=1S/C14H26N2O2/c1-10(15-9-11-7-13(17)8-11)14(18)16-12-5-3-2-4-6-12/h10-13,15,17H,2-9H2,1H3,(H,16,18). The lowest BCUT2D eigenvalue weighted by atomic mass is 9.82. The first-order valence-electron chi connectivity index (χ1n) is 7.37. The molecule has 4 heteroatoms. The summed E-state index contributed by atoms with van der Waals surface area (Å²) in [5.74, 6) is 0.673. The third-order valence-electron chi connectivity index (χ3n) is 4.27. The first-order chi connectivity index (χ1) is 8.65. The number of hydrogen-bond donors (Lipinski definition) is 3. The molecule has 2 aliphatic carbocycles. The van der Waals surface area contributed by atoms with Crippen LogP contribution in [0.2, 0.25) is 0 Å². The molecule has 0 aliphatic heterocycles. The Morgan fingerprint density at radius 1 is 1.28 bits per heavy atom. The number of rotatable bonds is 5. The summed E-state index contributed by atoms with van der Waals surface area (Å²) < 4.78 is 0. The minimum Gasteiger partial charge on any atom is -0.393 e. The van der Waals surface area contributed by atoms with E-state index in [2.05, 4.69) is 10.6 Å². The first-order valence-corrected chi connectivity index (χ1v) is 7.37. The van der Waals surface area contributed by atoms with E-state index in [-0.39, 0.29) is 18.1 Å². The van der Waals surface area contributed by atoms with E-state index in [1.54, 1.807) is 0 Å². The van der Waals surface area contributed by atoms with Gasteiger partial charge in [0.05, 0.1) is 12.1 Å². The van der Waals surface area contributed by atoms with Crippen LogP contribution in [-0.4, -0.2) is 35.7 Å². The van der Waals surface area contributed by atoms with Crippen LogP contribution in [0.5, 0.6) is 0 Å². The Hall–Kier alpha value is -0.610. The van der Waals surface area contributed by atoms with Gasteiger partial charge in [0.15, 0.2) is 0 Å². The van der Waals surface area contributed by atoms with Crippen LogP contribution in [0, 0.1) is 5.92 Å². The SMILES string of the molecule is CC(NCC1CC(O)C1)C(=O)NC1CCCCC1. The lowest BCUT2D eigenvalue weighted by Crippen LogP contribution is -2.49. The Balaban J connectivity index is 1.61. The van der Waals surface area contributed by atoms with Crippen LogP contribution >= 0.6 is 0 Å². The molecule has 18 heavy (non-hydrogen) atoms. The number of aliphatic hydroxyl groups is 1. The summed E-state index contributed by atoms with van der Waals surface area (Å²) in [4.78, 5) is 12.0. The number of nitrogens with one attached hydrogen (secondary N) is 2. The molecule has 1 atom stereocenters. The second-order valence-corrected chi connectivity index (χ2v) is 5.96. The molecule has 104 valence electrons. The van der Waals surface area contributed by atoms with Crippen LogP contribution < -0.4 is 10.6 Å². The van der Waals surface area contributed by atoms with E-state index in [9.17, 15) is 9.90 Å². The van der Waals surface area contributed by atoms with Crippen LogP contribution in [0.25, 0.3) is 0 Å². The second-order valence-electron chi connectivity index (χ2n) is 5.96. The average molecular weight is 254 g/mol. The molecule has 0 aromatic rings. The van der Waals surface area contributed by atoms with Gasteiger partial charge in [0, 0.05) is 6.04 Å². The summed E-state index contributed by atoms with van der Waals surface area (Å²) in [6, 6.07) is 0.269. The van der Waals surface area contributed by atoms with Crippen molar-refractivity contribution in [3.05, 3.63) is 0 Å². The van der Waals surface area contributed by atoms with Gasteiger partial charge in [-0.3, -0.25) is 4.79 Å². The van der Waals surface area contributed by atoms with Gasteiger partial charge in [0.25, 0.3) is 0 Å². The van der Waals surface area contributed by atoms with Crippen molar-refractivity contribution in [2.45, 2.75) is 70.1 Å². The largest absolute Gasteiger partial charge is 0.393 e. The molecule has 0 aromatic carbocycles. The van der Waals surface area contributed by atoms with Crippen molar-refractivity contribution in [2.24, 2.45) is 5.92 Å². The Bertz CT molecular complexity index is 271. The molecule has 0 spiro atoms. The first kappa shape index (κ1) is 13.8. The quantitative estimate of drug-likeness (QED) is 0.690. The minimum absolute atomic E-state index is 0.108. The van der Waals surface area contributed by atoms with E-state index in [0.29, 0.717) is 12.0 Å². The van der Waals surface area contributed by atoms with Crippen molar-refractivity contribution in [1.29, 1.82) is 0 Å². The summed E-state index contributed by atoms with van der Waals surface area (Å²) in [5.41, 5.74) is 0. The highest BCUT2D eigenvalue weighted by atomic mass is 16.3. The zero-order valence-electron chi connectivity index (χ0n) is 11.3. The summed E-state index contributed by atoms with van der Waals surface area (Å²) >= 11 is 0. The molecule has 0 heterocycles. The summed E-state index contributed by atoms with van der Waals surface area (Å²) in [5, 5.41) is 15.6. The predicted molar refractivity (Wildman–Crippen MR) is 71.2 cm³/mol. The zero-order chi connectivity index (χ0) is 13.0. The highest BCUT2D eigenvalue weighted by Crippen LogP contribution is 2.26. The summed E-state index contributed by atoms with van der Waals surface area (Å²) in [6.45, 7) is 2.77. The number of carbonyl (C=O) groups excluding carboxylic acids is 1. The predicted octanol–water partition coefficient (Wildman–Crippen LogP) is 1.18. The lowest BCUT2D eigenvalue weighted by molar-refractivity contribution is -0.123. The fourth-order valence-electron chi connectivity index (χ4n) is 2.88. The third kappa shape index (κ3) is 3.95. The van der Waals surface area contributed by atoms with Crippen molar-refractivity contribution in [1.82, 2.24) is 10.6 Å². The maximum atomic E-state index is 12.0. The lowest BCUT2D eigenvalue weighted by Gasteiger charge is -2.32. The molecular weight excluding hydrogens is 228 g/mol. The van der Waals surface area contributed by atoms with Crippen molar-refractivity contribution >= 4 is 5.91 Å². The van der Waals surface area contributed by atoms with E-state index < -0.39 is 0 Å². The fraction of sp³-hybridized carbons (Fsp3) is 0.929. The normalized spacial score (nSPS) is 30.6. The Morgan fingerprint density at radius 2 is 1.94 bits per heavy atom. The van der Waals surface area contributed by atoms with Gasteiger partial charge in [-0.2, -0.15) is 0 Å². The van der Waals surface area contributed by atoms with Gasteiger partial charge in [0.2, 0.25) is 5.91 Å². The van der Waals surface area contributed by atoms with Gasteiger partial charge in [0.1, 0.15) is 0 Å². The maximum absolute atomic E-state index is 12.0. The van der Waals surface area contributed by atoms with Crippen LogP contribution in [0.3, 0.4) is 0 Å². The summed E-state index contributed by atoms with van der Waals surface area (Å²) in [7, 11) is 0. The molecule has 1 unspecified atom stereocenters. The van der Waals surface area contributed by atoms with Crippen LogP contribution in [0.4, 0.5) is 0 Å². The molecular formula is C14H26N2O2. The van der Waals surface area contributed by atoms with Gasteiger partial charge in [-0.15, -0.1) is 0 Å². The zero-order valence-corrected chi connectivity index (χ0v) is 11.3. The topological polar surface area (TPSA) is 61.4 Å². The van der Waals surface area contributed by atoms with E-state index >= 15 is 0 Å². The monoisotopic (exact) mass is 254 g/mol. The van der Waals surface area contributed by atoms with Gasteiger partial charge < -0.3 is 15.7 Å². The molecule has 4 nitrogen and oxygen atoms in total. The van der Waals surface area contributed by atoms with Crippen molar-refractivity contribution in [3.8, 4) is 0 Å².